The molecule has 5 N–H and O–H groups in total. The second kappa shape index (κ2) is 41.2. The van der Waals surface area contributed by atoms with Gasteiger partial charge in [0.25, 0.3) is 0 Å². The molecule has 0 saturated carbocycles. The Morgan fingerprint density at radius 2 is 0.788 bits per heavy atom. The first kappa shape index (κ1) is 51.0. The van der Waals surface area contributed by atoms with E-state index in [4.69, 9.17) is 0 Å². The van der Waals surface area contributed by atoms with Crippen LogP contribution in [0.4, 0.5) is 0 Å². The van der Waals surface area contributed by atoms with Crippen LogP contribution < -0.4 is 5.32 Å². The van der Waals surface area contributed by atoms with Gasteiger partial charge in [0, 0.05) is 0 Å². The fourth-order valence-corrected chi connectivity index (χ4v) is 7.29. The standard InChI is InChI=1S/C46H91NO5/c1-3-5-7-9-11-13-15-17-18-19-20-21-22-23-24-25-26-28-29-31-33-35-37-39-43(49)45(51)42(41-48)47-46(52)44(50)40-38-36-34-32-30-27-16-14-12-10-8-6-4-2/h31,33,42-45,48-51H,3-30,32,34-41H2,1-2H3,(H,47,52)/b33-31+. The first-order valence-electron chi connectivity index (χ1n) is 23.1. The number of amides is 1. The average Bonchev–Trinajstić information content (AvgIpc) is 3.15. The zero-order chi connectivity index (χ0) is 38.2. The van der Waals surface area contributed by atoms with Gasteiger partial charge in [0.05, 0.1) is 18.8 Å². The third kappa shape index (κ3) is 34.8. The van der Waals surface area contributed by atoms with Crippen molar-refractivity contribution in [2.24, 2.45) is 0 Å². The maximum absolute atomic E-state index is 12.5. The summed E-state index contributed by atoms with van der Waals surface area (Å²) in [5.41, 5.74) is 0. The summed E-state index contributed by atoms with van der Waals surface area (Å²) in [4.78, 5) is 12.5. The van der Waals surface area contributed by atoms with E-state index in [2.05, 4.69) is 31.3 Å². The van der Waals surface area contributed by atoms with Crippen LogP contribution in [0, 0.1) is 0 Å². The highest BCUT2D eigenvalue weighted by molar-refractivity contribution is 5.80. The Morgan fingerprint density at radius 3 is 1.15 bits per heavy atom. The fourth-order valence-electron chi connectivity index (χ4n) is 7.29. The van der Waals surface area contributed by atoms with Crippen LogP contribution in [0.5, 0.6) is 0 Å². The largest absolute Gasteiger partial charge is 0.394 e. The Morgan fingerprint density at radius 1 is 0.462 bits per heavy atom. The van der Waals surface area contributed by atoms with Crippen LogP contribution in [0.15, 0.2) is 12.2 Å². The first-order valence-corrected chi connectivity index (χ1v) is 23.1. The van der Waals surface area contributed by atoms with Gasteiger partial charge < -0.3 is 25.7 Å². The van der Waals surface area contributed by atoms with Gasteiger partial charge in [0.15, 0.2) is 0 Å². The molecule has 6 heteroatoms. The molecule has 0 aromatic rings. The lowest BCUT2D eigenvalue weighted by Gasteiger charge is -2.27. The van der Waals surface area contributed by atoms with Crippen molar-refractivity contribution in [2.45, 2.75) is 269 Å². The smallest absolute Gasteiger partial charge is 0.249 e. The highest BCUT2D eigenvalue weighted by Gasteiger charge is 2.28. The molecular formula is C46H91NO5. The number of aliphatic hydroxyl groups is 4. The van der Waals surface area contributed by atoms with Crippen molar-refractivity contribution in [3.8, 4) is 0 Å². The van der Waals surface area contributed by atoms with Gasteiger partial charge in [-0.25, -0.2) is 0 Å². The molecule has 0 aliphatic carbocycles. The molecule has 0 radical (unpaired) electrons. The van der Waals surface area contributed by atoms with Gasteiger partial charge in [-0.05, 0) is 38.5 Å². The molecule has 310 valence electrons. The second-order valence-electron chi connectivity index (χ2n) is 16.1. The molecule has 52 heavy (non-hydrogen) atoms. The van der Waals surface area contributed by atoms with E-state index in [0.717, 1.165) is 38.5 Å². The minimum Gasteiger partial charge on any atom is -0.394 e. The van der Waals surface area contributed by atoms with Gasteiger partial charge in [0.1, 0.15) is 12.2 Å². The molecular weight excluding hydrogens is 647 g/mol. The van der Waals surface area contributed by atoms with Gasteiger partial charge >= 0.3 is 0 Å². The quantitative estimate of drug-likeness (QED) is 0.0316. The SMILES string of the molecule is CCCCCCCCCCCCCCCCCCCC/C=C/CCCC(O)C(O)C(CO)NC(=O)C(O)CCCCCCCCCCCCCCC. The molecule has 4 unspecified atom stereocenters. The number of allylic oxidation sites excluding steroid dienone is 2. The van der Waals surface area contributed by atoms with Crippen LogP contribution in [-0.2, 0) is 4.79 Å². The molecule has 0 bridgehead atoms. The van der Waals surface area contributed by atoms with E-state index in [0.29, 0.717) is 12.8 Å². The molecule has 4 atom stereocenters. The highest BCUT2D eigenvalue weighted by Crippen LogP contribution is 2.16. The monoisotopic (exact) mass is 738 g/mol. The van der Waals surface area contributed by atoms with Crippen LogP contribution in [0.2, 0.25) is 0 Å². The summed E-state index contributed by atoms with van der Waals surface area (Å²) in [6, 6.07) is -0.996. The second-order valence-corrected chi connectivity index (χ2v) is 16.1. The molecule has 0 aromatic carbocycles. The van der Waals surface area contributed by atoms with Crippen molar-refractivity contribution < 1.29 is 25.2 Å². The Kier molecular flexibility index (Phi) is 40.5. The summed E-state index contributed by atoms with van der Waals surface area (Å²) in [6.07, 6.45) is 45.4. The van der Waals surface area contributed by atoms with Gasteiger partial charge in [0.2, 0.25) is 5.91 Å². The number of carbonyl (C=O) groups is 1. The van der Waals surface area contributed by atoms with Crippen molar-refractivity contribution in [3.05, 3.63) is 12.2 Å². The molecule has 1 amide bonds. The topological polar surface area (TPSA) is 110 Å². The Bertz CT molecular complexity index is 746. The summed E-state index contributed by atoms with van der Waals surface area (Å²) in [7, 11) is 0. The van der Waals surface area contributed by atoms with Crippen LogP contribution in [0.3, 0.4) is 0 Å². The lowest BCUT2D eigenvalue weighted by Crippen LogP contribution is -2.53. The Labute approximate surface area is 323 Å². The molecule has 0 rings (SSSR count). The highest BCUT2D eigenvalue weighted by atomic mass is 16.3. The van der Waals surface area contributed by atoms with Crippen molar-refractivity contribution in [1.82, 2.24) is 5.32 Å². The summed E-state index contributed by atoms with van der Waals surface area (Å²) >= 11 is 0. The summed E-state index contributed by atoms with van der Waals surface area (Å²) in [5.74, 6) is -0.591. The zero-order valence-electron chi connectivity index (χ0n) is 34.8. The summed E-state index contributed by atoms with van der Waals surface area (Å²) in [6.45, 7) is 4.05. The van der Waals surface area contributed by atoms with Crippen LogP contribution in [0.25, 0.3) is 0 Å². The number of hydrogen-bond donors (Lipinski definition) is 5. The predicted octanol–water partition coefficient (Wildman–Crippen LogP) is 12.2. The molecule has 0 fully saturated rings. The van der Waals surface area contributed by atoms with Crippen LogP contribution in [0.1, 0.15) is 245 Å². The molecule has 0 aromatic heterocycles. The van der Waals surface area contributed by atoms with Gasteiger partial charge in [-0.2, -0.15) is 0 Å². The minimum atomic E-state index is -1.28. The Hall–Kier alpha value is -0.950. The first-order chi connectivity index (χ1) is 25.5. The summed E-state index contributed by atoms with van der Waals surface area (Å²) in [5, 5.41) is 43.7. The van der Waals surface area contributed by atoms with E-state index < -0.39 is 36.9 Å². The van der Waals surface area contributed by atoms with E-state index in [9.17, 15) is 25.2 Å². The number of rotatable bonds is 42. The van der Waals surface area contributed by atoms with E-state index in [1.165, 1.54) is 180 Å². The van der Waals surface area contributed by atoms with Gasteiger partial charge in [-0.1, -0.05) is 219 Å². The Balaban J connectivity index is 3.70. The van der Waals surface area contributed by atoms with Crippen LogP contribution >= 0.6 is 0 Å². The zero-order valence-corrected chi connectivity index (χ0v) is 34.8. The molecule has 0 spiro atoms. The number of nitrogens with one attached hydrogen (secondary N) is 1. The van der Waals surface area contributed by atoms with E-state index in [1.54, 1.807) is 0 Å². The molecule has 0 aliphatic heterocycles. The maximum Gasteiger partial charge on any atom is 0.249 e. The average molecular weight is 738 g/mol. The lowest BCUT2D eigenvalue weighted by atomic mass is 10.00. The van der Waals surface area contributed by atoms with Crippen molar-refractivity contribution in [2.75, 3.05) is 6.61 Å². The van der Waals surface area contributed by atoms with Crippen molar-refractivity contribution in [1.29, 1.82) is 0 Å². The molecule has 0 aliphatic rings. The summed E-state index contributed by atoms with van der Waals surface area (Å²) < 4.78 is 0. The predicted molar refractivity (Wildman–Crippen MR) is 224 cm³/mol. The van der Waals surface area contributed by atoms with E-state index >= 15 is 0 Å². The number of carbonyl (C=O) groups excluding carboxylic acids is 1. The number of aliphatic hydroxyl groups excluding tert-OH is 4. The molecule has 6 nitrogen and oxygen atoms in total. The normalized spacial score (nSPS) is 14.2. The van der Waals surface area contributed by atoms with Crippen LogP contribution in [-0.4, -0.2) is 57.3 Å². The van der Waals surface area contributed by atoms with E-state index in [1.807, 2.05) is 0 Å². The van der Waals surface area contributed by atoms with E-state index in [-0.39, 0.29) is 0 Å². The molecule has 0 saturated heterocycles. The third-order valence-electron chi connectivity index (χ3n) is 11.0. The maximum atomic E-state index is 12.5. The van der Waals surface area contributed by atoms with Crippen molar-refractivity contribution in [3.63, 3.8) is 0 Å². The van der Waals surface area contributed by atoms with Crippen molar-refractivity contribution >= 4 is 5.91 Å². The van der Waals surface area contributed by atoms with Gasteiger partial charge in [-0.15, -0.1) is 0 Å². The third-order valence-corrected chi connectivity index (χ3v) is 11.0. The lowest BCUT2D eigenvalue weighted by molar-refractivity contribution is -0.132. The fraction of sp³-hybridized carbons (Fsp3) is 0.935. The number of hydrogen-bond acceptors (Lipinski definition) is 5. The number of unbranched alkanes of at least 4 members (excludes halogenated alkanes) is 31. The van der Waals surface area contributed by atoms with Gasteiger partial charge in [-0.3, -0.25) is 4.79 Å². The molecule has 0 heterocycles. The minimum absolute atomic E-state index is 0.367.